The number of rotatable bonds is 10. The molecule has 1 unspecified atom stereocenters. The predicted octanol–water partition coefficient (Wildman–Crippen LogP) is 2.84. The third-order valence-electron chi connectivity index (χ3n) is 3.94. The minimum Gasteiger partial charge on any atom is -0.380 e. The van der Waals surface area contributed by atoms with Crippen molar-refractivity contribution in [2.75, 3.05) is 32.1 Å². The first kappa shape index (κ1) is 18.0. The van der Waals surface area contributed by atoms with Gasteiger partial charge in [0.2, 0.25) is 0 Å². The van der Waals surface area contributed by atoms with Crippen LogP contribution in [0.1, 0.15) is 41.0 Å². The highest BCUT2D eigenvalue weighted by atomic mass is 16.5. The van der Waals surface area contributed by atoms with E-state index in [1.807, 2.05) is 10.9 Å². The number of ether oxygens (including phenoxy) is 1. The number of hydrogen-bond acceptors (Lipinski definition) is 4. The molecule has 0 aromatic carbocycles. The van der Waals surface area contributed by atoms with E-state index < -0.39 is 0 Å². The van der Waals surface area contributed by atoms with Crippen molar-refractivity contribution in [3.05, 3.63) is 12.4 Å². The van der Waals surface area contributed by atoms with Gasteiger partial charge in [0.25, 0.3) is 0 Å². The maximum atomic E-state index is 5.47. The van der Waals surface area contributed by atoms with Gasteiger partial charge < -0.3 is 15.0 Å². The number of anilines is 1. The van der Waals surface area contributed by atoms with E-state index in [-0.39, 0.29) is 5.60 Å². The fourth-order valence-electron chi connectivity index (χ4n) is 2.50. The highest BCUT2D eigenvalue weighted by molar-refractivity contribution is 5.39. The summed E-state index contributed by atoms with van der Waals surface area (Å²) >= 11 is 0. The second-order valence-corrected chi connectivity index (χ2v) is 6.23. The maximum Gasteiger partial charge on any atom is 0.0728 e. The van der Waals surface area contributed by atoms with Crippen LogP contribution in [0.4, 0.5) is 5.69 Å². The zero-order chi connectivity index (χ0) is 15.9. The third-order valence-corrected chi connectivity index (χ3v) is 3.94. The highest BCUT2D eigenvalue weighted by Gasteiger charge is 2.20. The van der Waals surface area contributed by atoms with E-state index in [4.69, 9.17) is 4.74 Å². The normalized spacial score (nSPS) is 13.7. The van der Waals surface area contributed by atoms with Crippen LogP contribution in [0.2, 0.25) is 0 Å². The van der Waals surface area contributed by atoms with Crippen molar-refractivity contribution in [2.45, 2.75) is 59.2 Å². The lowest BCUT2D eigenvalue weighted by atomic mass is 10.00. The molecule has 5 nitrogen and oxygen atoms in total. The van der Waals surface area contributed by atoms with Crippen molar-refractivity contribution >= 4 is 5.69 Å². The Labute approximate surface area is 129 Å². The largest absolute Gasteiger partial charge is 0.380 e. The van der Waals surface area contributed by atoms with Crippen molar-refractivity contribution in [1.29, 1.82) is 0 Å². The molecule has 1 N–H and O–H groups in total. The maximum absolute atomic E-state index is 5.47. The van der Waals surface area contributed by atoms with Crippen molar-refractivity contribution in [2.24, 2.45) is 0 Å². The number of methoxy groups -OCH3 is 1. The average Bonchev–Trinajstić information content (AvgIpc) is 2.86. The Kier molecular flexibility index (Phi) is 7.18. The van der Waals surface area contributed by atoms with Gasteiger partial charge in [-0.1, -0.05) is 13.8 Å². The van der Waals surface area contributed by atoms with Crippen LogP contribution in [0, 0.1) is 0 Å². The first-order valence-corrected chi connectivity index (χ1v) is 7.96. The van der Waals surface area contributed by atoms with Gasteiger partial charge in [-0.05, 0) is 40.3 Å². The Hall–Kier alpha value is -1.07. The van der Waals surface area contributed by atoms with Gasteiger partial charge in [0.15, 0.2) is 0 Å². The second-order valence-electron chi connectivity index (χ2n) is 6.23. The molecule has 5 heteroatoms. The molecule has 122 valence electrons. The molecule has 0 aliphatic heterocycles. The monoisotopic (exact) mass is 296 g/mol. The summed E-state index contributed by atoms with van der Waals surface area (Å²) < 4.78 is 7.48. The van der Waals surface area contributed by atoms with Crippen LogP contribution in [0.25, 0.3) is 0 Å². The number of aromatic nitrogens is 2. The Morgan fingerprint density at radius 1 is 1.38 bits per heavy atom. The van der Waals surface area contributed by atoms with Crippen molar-refractivity contribution in [3.8, 4) is 0 Å². The Morgan fingerprint density at radius 2 is 2.05 bits per heavy atom. The number of nitrogens with one attached hydrogen (secondary N) is 1. The van der Waals surface area contributed by atoms with Gasteiger partial charge in [0.1, 0.15) is 0 Å². The summed E-state index contributed by atoms with van der Waals surface area (Å²) in [7, 11) is 1.76. The van der Waals surface area contributed by atoms with E-state index in [9.17, 15) is 0 Å². The van der Waals surface area contributed by atoms with Gasteiger partial charge >= 0.3 is 0 Å². The first-order chi connectivity index (χ1) is 9.90. The lowest BCUT2D eigenvalue weighted by Gasteiger charge is -2.27. The molecule has 0 saturated carbocycles. The summed E-state index contributed by atoms with van der Waals surface area (Å²) in [5, 5.41) is 7.91. The molecule has 1 rings (SSSR count). The van der Waals surface area contributed by atoms with Crippen LogP contribution in [0.3, 0.4) is 0 Å². The van der Waals surface area contributed by atoms with Gasteiger partial charge in [0.05, 0.1) is 24.0 Å². The van der Waals surface area contributed by atoms with Crippen LogP contribution < -0.4 is 5.32 Å². The molecule has 21 heavy (non-hydrogen) atoms. The first-order valence-electron chi connectivity index (χ1n) is 7.96. The van der Waals surface area contributed by atoms with E-state index >= 15 is 0 Å². The molecule has 0 aliphatic carbocycles. The molecule has 0 aliphatic rings. The Bertz CT molecular complexity index is 399. The quantitative estimate of drug-likeness (QED) is 0.721. The highest BCUT2D eigenvalue weighted by Crippen LogP contribution is 2.18. The second kappa shape index (κ2) is 8.39. The standard InChI is InChI=1S/C16H32N4O/c1-7-19(8-2)9-10-20-13-15(12-17-20)18-14(3)11-16(4,5)21-6/h12-14,18H,7-11H2,1-6H3. The number of nitrogens with zero attached hydrogens (tertiary/aromatic N) is 3. The summed E-state index contributed by atoms with van der Waals surface area (Å²) in [5.74, 6) is 0. The van der Waals surface area contributed by atoms with Gasteiger partial charge in [-0.25, -0.2) is 0 Å². The molecule has 1 aromatic rings. The van der Waals surface area contributed by atoms with Crippen LogP contribution in [-0.4, -0.2) is 53.1 Å². The molecule has 0 bridgehead atoms. The Balaban J connectivity index is 2.44. The van der Waals surface area contributed by atoms with Crippen molar-refractivity contribution < 1.29 is 4.74 Å². The van der Waals surface area contributed by atoms with E-state index in [1.165, 1.54) is 0 Å². The Morgan fingerprint density at radius 3 is 2.62 bits per heavy atom. The van der Waals surface area contributed by atoms with Crippen LogP contribution in [0.15, 0.2) is 12.4 Å². The average molecular weight is 296 g/mol. The molecule has 0 saturated heterocycles. The predicted molar refractivity (Wildman–Crippen MR) is 88.8 cm³/mol. The van der Waals surface area contributed by atoms with E-state index in [0.717, 1.165) is 38.3 Å². The molecule has 1 aromatic heterocycles. The summed E-state index contributed by atoms with van der Waals surface area (Å²) in [6.45, 7) is 14.9. The van der Waals surface area contributed by atoms with Crippen LogP contribution in [-0.2, 0) is 11.3 Å². The van der Waals surface area contributed by atoms with Crippen molar-refractivity contribution in [1.82, 2.24) is 14.7 Å². The molecular weight excluding hydrogens is 264 g/mol. The lowest BCUT2D eigenvalue weighted by Crippen LogP contribution is -2.31. The molecular formula is C16H32N4O. The summed E-state index contributed by atoms with van der Waals surface area (Å²) in [4.78, 5) is 2.40. The van der Waals surface area contributed by atoms with Crippen LogP contribution in [0.5, 0.6) is 0 Å². The van der Waals surface area contributed by atoms with Gasteiger partial charge in [-0.3, -0.25) is 4.68 Å². The molecule has 0 amide bonds. The van der Waals surface area contributed by atoms with Gasteiger partial charge in [-0.15, -0.1) is 0 Å². The van der Waals surface area contributed by atoms with E-state index in [1.54, 1.807) is 7.11 Å². The summed E-state index contributed by atoms with van der Waals surface area (Å²) in [5.41, 5.74) is 0.972. The fourth-order valence-corrected chi connectivity index (χ4v) is 2.50. The molecule has 1 heterocycles. The van der Waals surface area contributed by atoms with E-state index in [0.29, 0.717) is 6.04 Å². The molecule has 0 radical (unpaired) electrons. The van der Waals surface area contributed by atoms with Crippen molar-refractivity contribution in [3.63, 3.8) is 0 Å². The third kappa shape index (κ3) is 6.48. The fraction of sp³-hybridized carbons (Fsp3) is 0.812. The molecule has 1 atom stereocenters. The minimum absolute atomic E-state index is 0.106. The zero-order valence-corrected chi connectivity index (χ0v) is 14.5. The minimum atomic E-state index is -0.106. The van der Waals surface area contributed by atoms with Gasteiger partial charge in [0, 0.05) is 25.9 Å². The van der Waals surface area contributed by atoms with E-state index in [2.05, 4.69) is 56.1 Å². The number of hydrogen-bond donors (Lipinski definition) is 1. The molecule has 0 fully saturated rings. The lowest BCUT2D eigenvalue weighted by molar-refractivity contribution is 0.0128. The topological polar surface area (TPSA) is 42.3 Å². The van der Waals surface area contributed by atoms with Gasteiger partial charge in [-0.2, -0.15) is 5.10 Å². The van der Waals surface area contributed by atoms with Crippen LogP contribution >= 0.6 is 0 Å². The zero-order valence-electron chi connectivity index (χ0n) is 14.5. The summed E-state index contributed by atoms with van der Waals surface area (Å²) in [6.07, 6.45) is 4.94. The smallest absolute Gasteiger partial charge is 0.0728 e. The summed E-state index contributed by atoms with van der Waals surface area (Å²) in [6, 6.07) is 0.348. The molecule has 0 spiro atoms. The SMILES string of the molecule is CCN(CC)CCn1cc(NC(C)CC(C)(C)OC)cn1. The number of likely N-dealkylation sites (N-methyl/N-ethyl adjacent to an activating group) is 1.